The van der Waals surface area contributed by atoms with E-state index in [4.69, 9.17) is 6.42 Å². The molecule has 118 valence electrons. The highest BCUT2D eigenvalue weighted by Crippen LogP contribution is 2.32. The first kappa shape index (κ1) is 15.0. The van der Waals surface area contributed by atoms with Gasteiger partial charge in [-0.3, -0.25) is 4.79 Å². The van der Waals surface area contributed by atoms with Gasteiger partial charge in [-0.2, -0.15) is 9.36 Å². The van der Waals surface area contributed by atoms with Crippen molar-refractivity contribution < 1.29 is 4.79 Å². The topological polar surface area (TPSA) is 81.8 Å². The second kappa shape index (κ2) is 6.08. The number of hydrogen-bond donors (Lipinski definition) is 1. The predicted molar refractivity (Wildman–Crippen MR) is 83.4 cm³/mol. The van der Waals surface area contributed by atoms with Gasteiger partial charge in [-0.05, 0) is 35.8 Å². The van der Waals surface area contributed by atoms with Gasteiger partial charge >= 0.3 is 5.69 Å². The fourth-order valence-electron chi connectivity index (χ4n) is 2.26. The molecule has 0 unspecified atom stereocenters. The molecule has 23 heavy (non-hydrogen) atoms. The molecule has 7 heteroatoms. The van der Waals surface area contributed by atoms with Gasteiger partial charge in [0.05, 0.1) is 6.04 Å². The maximum absolute atomic E-state index is 12.1. The lowest BCUT2D eigenvalue weighted by molar-refractivity contribution is -0.122. The predicted octanol–water partition coefficient (Wildman–Crippen LogP) is 0.574. The van der Waals surface area contributed by atoms with Gasteiger partial charge in [-0.15, -0.1) is 6.42 Å². The Morgan fingerprint density at radius 2 is 2.09 bits per heavy atom. The number of hydrogen-bond acceptors (Lipinski definition) is 4. The van der Waals surface area contributed by atoms with Crippen LogP contribution in [0.3, 0.4) is 0 Å². The second-order valence-electron chi connectivity index (χ2n) is 5.67. The summed E-state index contributed by atoms with van der Waals surface area (Å²) in [4.78, 5) is 24.2. The van der Waals surface area contributed by atoms with Crippen LogP contribution in [0.4, 0.5) is 0 Å². The van der Waals surface area contributed by atoms with Crippen LogP contribution in [-0.2, 0) is 11.3 Å². The number of amides is 1. The van der Waals surface area contributed by atoms with Crippen molar-refractivity contribution in [2.45, 2.75) is 38.4 Å². The van der Waals surface area contributed by atoms with Gasteiger partial charge in [0.25, 0.3) is 0 Å². The molecule has 1 aromatic heterocycles. The van der Waals surface area contributed by atoms with Gasteiger partial charge in [0.1, 0.15) is 12.6 Å². The molecule has 1 saturated carbocycles. The average molecular weight is 311 g/mol. The molecule has 1 heterocycles. The van der Waals surface area contributed by atoms with E-state index in [1.54, 1.807) is 0 Å². The molecule has 7 nitrogen and oxygen atoms in total. The van der Waals surface area contributed by atoms with Crippen LogP contribution in [0.2, 0.25) is 0 Å². The minimum Gasteiger partial charge on any atom is -0.337 e. The number of aryl methyl sites for hydroxylation is 1. The standard InChI is InChI=1S/C16H17N5O2/c1-3-14(12-6-4-11(2)5-7-12)17-15(22)10-20-16(23)21(19-18-20)13-8-9-13/h1,4-7,13-14H,8-10H2,2H3,(H,17,22)/t14-/m0/s1. The molecule has 0 saturated heterocycles. The zero-order chi connectivity index (χ0) is 16.4. The molecule has 1 aromatic carbocycles. The quantitative estimate of drug-likeness (QED) is 0.819. The summed E-state index contributed by atoms with van der Waals surface area (Å²) < 4.78 is 2.38. The average Bonchev–Trinajstić information content (AvgIpc) is 3.32. The SMILES string of the molecule is C#C[C@H](NC(=O)Cn1nnn(C2CC2)c1=O)c1ccc(C)cc1. The smallest absolute Gasteiger partial charge is 0.337 e. The molecule has 1 aliphatic carbocycles. The van der Waals surface area contributed by atoms with E-state index in [0.717, 1.165) is 28.7 Å². The number of rotatable bonds is 5. The van der Waals surface area contributed by atoms with Crippen molar-refractivity contribution in [1.29, 1.82) is 0 Å². The van der Waals surface area contributed by atoms with Crippen LogP contribution in [0.5, 0.6) is 0 Å². The fraction of sp³-hybridized carbons (Fsp3) is 0.375. The normalized spacial score (nSPS) is 15.0. The van der Waals surface area contributed by atoms with Crippen molar-refractivity contribution in [3.8, 4) is 12.3 Å². The third-order valence-corrected chi connectivity index (χ3v) is 3.73. The molecule has 0 aliphatic heterocycles. The Kier molecular flexibility index (Phi) is 3.98. The monoisotopic (exact) mass is 311 g/mol. The number of terminal acetylenes is 1. The first-order chi connectivity index (χ1) is 11.1. The van der Waals surface area contributed by atoms with E-state index in [1.165, 1.54) is 4.68 Å². The molecular weight excluding hydrogens is 294 g/mol. The van der Waals surface area contributed by atoms with Crippen LogP contribution < -0.4 is 11.0 Å². The van der Waals surface area contributed by atoms with Crippen molar-refractivity contribution in [2.24, 2.45) is 0 Å². The highest BCUT2D eigenvalue weighted by atomic mass is 16.2. The lowest BCUT2D eigenvalue weighted by Gasteiger charge is -2.13. The van der Waals surface area contributed by atoms with Crippen molar-refractivity contribution in [3.63, 3.8) is 0 Å². The molecule has 1 fully saturated rings. The Balaban J connectivity index is 1.67. The maximum Gasteiger partial charge on any atom is 0.364 e. The third kappa shape index (κ3) is 3.31. The van der Waals surface area contributed by atoms with Gasteiger partial charge in [-0.25, -0.2) is 4.79 Å². The molecule has 0 bridgehead atoms. The number of carbonyl (C=O) groups excluding carboxylic acids is 1. The number of tetrazole rings is 1. The number of aromatic nitrogens is 4. The Bertz CT molecular complexity index is 808. The number of benzene rings is 1. The molecule has 0 radical (unpaired) electrons. The van der Waals surface area contributed by atoms with E-state index in [0.29, 0.717) is 0 Å². The zero-order valence-electron chi connectivity index (χ0n) is 12.8. The molecule has 1 aliphatic rings. The maximum atomic E-state index is 12.1. The molecule has 2 aromatic rings. The van der Waals surface area contributed by atoms with Crippen molar-refractivity contribution in [2.75, 3.05) is 0 Å². The molecule has 1 N–H and O–H groups in total. The van der Waals surface area contributed by atoms with Gasteiger partial charge in [0.15, 0.2) is 0 Å². The Morgan fingerprint density at radius 3 is 2.70 bits per heavy atom. The van der Waals surface area contributed by atoms with Crippen LogP contribution in [-0.4, -0.2) is 25.7 Å². The molecule has 1 atom stereocenters. The van der Waals surface area contributed by atoms with Gasteiger partial charge < -0.3 is 5.32 Å². The molecule has 3 rings (SSSR count). The number of carbonyl (C=O) groups is 1. The third-order valence-electron chi connectivity index (χ3n) is 3.73. The van der Waals surface area contributed by atoms with E-state index in [9.17, 15) is 9.59 Å². The van der Waals surface area contributed by atoms with E-state index >= 15 is 0 Å². The summed E-state index contributed by atoms with van der Waals surface area (Å²) in [5.41, 5.74) is 1.56. The van der Waals surface area contributed by atoms with Crippen molar-refractivity contribution >= 4 is 5.91 Å². The first-order valence-electron chi connectivity index (χ1n) is 7.43. The first-order valence-corrected chi connectivity index (χ1v) is 7.43. The van der Waals surface area contributed by atoms with Crippen molar-refractivity contribution in [3.05, 3.63) is 45.9 Å². The molecule has 1 amide bonds. The Morgan fingerprint density at radius 1 is 1.39 bits per heavy atom. The summed E-state index contributed by atoms with van der Waals surface area (Å²) >= 11 is 0. The Hall–Kier alpha value is -2.88. The lowest BCUT2D eigenvalue weighted by Crippen LogP contribution is -2.35. The number of nitrogens with zero attached hydrogens (tertiary/aromatic N) is 4. The van der Waals surface area contributed by atoms with Crippen LogP contribution in [0.15, 0.2) is 29.1 Å². The molecule has 0 spiro atoms. The summed E-state index contributed by atoms with van der Waals surface area (Å²) in [6.45, 7) is 1.78. The van der Waals surface area contributed by atoms with E-state index < -0.39 is 6.04 Å². The van der Waals surface area contributed by atoms with E-state index in [1.807, 2.05) is 31.2 Å². The van der Waals surface area contributed by atoms with Crippen LogP contribution in [0.1, 0.15) is 36.1 Å². The Labute approximate surface area is 133 Å². The summed E-state index contributed by atoms with van der Waals surface area (Å²) in [6.07, 6.45) is 7.36. The fourth-order valence-corrected chi connectivity index (χ4v) is 2.26. The highest BCUT2D eigenvalue weighted by Gasteiger charge is 2.28. The second-order valence-corrected chi connectivity index (χ2v) is 5.67. The highest BCUT2D eigenvalue weighted by molar-refractivity contribution is 5.76. The minimum atomic E-state index is -0.544. The van der Waals surface area contributed by atoms with Crippen LogP contribution >= 0.6 is 0 Å². The summed E-state index contributed by atoms with van der Waals surface area (Å²) in [5.74, 6) is 2.17. The summed E-state index contributed by atoms with van der Waals surface area (Å²) in [6, 6.07) is 7.18. The van der Waals surface area contributed by atoms with Gasteiger partial charge in [0.2, 0.25) is 5.91 Å². The van der Waals surface area contributed by atoms with E-state index in [2.05, 4.69) is 21.7 Å². The minimum absolute atomic E-state index is 0.130. The van der Waals surface area contributed by atoms with Gasteiger partial charge in [-0.1, -0.05) is 35.7 Å². The largest absolute Gasteiger partial charge is 0.364 e. The molecular formula is C16H17N5O2. The summed E-state index contributed by atoms with van der Waals surface area (Å²) in [5, 5.41) is 10.3. The van der Waals surface area contributed by atoms with Crippen LogP contribution in [0.25, 0.3) is 0 Å². The van der Waals surface area contributed by atoms with Crippen molar-refractivity contribution in [1.82, 2.24) is 25.1 Å². The lowest BCUT2D eigenvalue weighted by atomic mass is 10.1. The van der Waals surface area contributed by atoms with E-state index in [-0.39, 0.29) is 24.2 Å². The summed E-state index contributed by atoms with van der Waals surface area (Å²) in [7, 11) is 0. The van der Waals surface area contributed by atoms with Gasteiger partial charge in [0, 0.05) is 0 Å². The van der Waals surface area contributed by atoms with Crippen LogP contribution in [0, 0.1) is 19.3 Å². The number of nitrogens with one attached hydrogen (secondary N) is 1. The zero-order valence-corrected chi connectivity index (χ0v) is 12.8.